The van der Waals surface area contributed by atoms with Crippen molar-refractivity contribution in [2.75, 3.05) is 23.2 Å². The maximum Gasteiger partial charge on any atom is 0.416 e. The van der Waals surface area contributed by atoms with Crippen molar-refractivity contribution >= 4 is 17.3 Å². The second-order valence-corrected chi connectivity index (χ2v) is 5.97. The van der Waals surface area contributed by atoms with Crippen LogP contribution in [0.4, 0.5) is 39.3 Å². The average Bonchev–Trinajstić information content (AvgIpc) is 3.25. The number of nitrogens with zero attached hydrogens (tertiary/aromatic N) is 4. The minimum atomic E-state index is -5.11. The zero-order valence-electron chi connectivity index (χ0n) is 24.7. The van der Waals surface area contributed by atoms with Gasteiger partial charge in [0.1, 0.15) is 18.0 Å². The lowest BCUT2D eigenvalue weighted by Gasteiger charge is -2.29. The Kier molecular flexibility index (Phi) is 2.98. The molecule has 3 aromatic rings. The summed E-state index contributed by atoms with van der Waals surface area (Å²) in [5, 5.41) is 6.23. The van der Waals surface area contributed by atoms with Gasteiger partial charge >= 0.3 is 6.18 Å². The summed E-state index contributed by atoms with van der Waals surface area (Å²) in [6.07, 6.45) is -15.4. The molecular formula is C20H18F5N5. The van der Waals surface area contributed by atoms with Gasteiger partial charge < -0.3 is 10.2 Å². The molecule has 0 amide bonds. The molecule has 0 radical (unpaired) electrons. The van der Waals surface area contributed by atoms with E-state index in [1.807, 2.05) is 0 Å². The molecular weight excluding hydrogens is 405 g/mol. The maximum atomic E-state index is 13.8. The highest BCUT2D eigenvalue weighted by molar-refractivity contribution is 5.64. The van der Waals surface area contributed by atoms with E-state index in [2.05, 4.69) is 15.4 Å². The van der Waals surface area contributed by atoms with E-state index < -0.39 is 72.8 Å². The molecule has 0 bridgehead atoms. The fraction of sp³-hybridized carbons (Fsp3) is 0.300. The minimum absolute atomic E-state index is 0.128. The Morgan fingerprint density at radius 2 is 1.60 bits per heavy atom. The van der Waals surface area contributed by atoms with E-state index in [1.54, 1.807) is 0 Å². The van der Waals surface area contributed by atoms with Gasteiger partial charge in [0.25, 0.3) is 0 Å². The molecule has 4 rings (SSSR count). The van der Waals surface area contributed by atoms with Gasteiger partial charge in [0.05, 0.1) is 11.3 Å². The van der Waals surface area contributed by atoms with Gasteiger partial charge in [-0.2, -0.15) is 18.2 Å². The number of rotatable bonds is 4. The lowest BCUT2D eigenvalue weighted by atomic mass is 10.1. The third-order valence-electron chi connectivity index (χ3n) is 3.82. The van der Waals surface area contributed by atoms with E-state index in [4.69, 9.17) is 13.7 Å². The van der Waals surface area contributed by atoms with Crippen molar-refractivity contribution in [3.05, 3.63) is 59.9 Å². The Morgan fingerprint density at radius 3 is 2.27 bits per heavy atom. The van der Waals surface area contributed by atoms with Gasteiger partial charge in [-0.15, -0.1) is 5.10 Å². The van der Waals surface area contributed by atoms with Gasteiger partial charge in [-0.3, -0.25) is 0 Å². The number of hydrogen-bond donors (Lipinski definition) is 1. The Labute approximate surface area is 183 Å². The van der Waals surface area contributed by atoms with Crippen LogP contribution >= 0.6 is 0 Å². The van der Waals surface area contributed by atoms with E-state index in [-0.39, 0.29) is 16.7 Å². The minimum Gasteiger partial charge on any atom is -0.371 e. The summed E-state index contributed by atoms with van der Waals surface area (Å²) < 4.78 is 150. The van der Waals surface area contributed by atoms with Crippen LogP contribution in [-0.2, 0) is 6.18 Å². The largest absolute Gasteiger partial charge is 0.416 e. The Balaban J connectivity index is 1.84. The summed E-state index contributed by atoms with van der Waals surface area (Å²) in [6, 6.07) is 3.88. The first-order valence-electron chi connectivity index (χ1n) is 13.2. The SMILES string of the molecule is [2H]C1([2H])N(c2cc(Nc3ncn(-c4cc(F)cc(F)c4)n3)cc(C(F)(F)F)c2)C([2H])([2H])C([2H])([2H])C([2H])([2H])C1([2H])[2H]. The zero-order valence-corrected chi connectivity index (χ0v) is 14.7. The third-order valence-corrected chi connectivity index (χ3v) is 3.82. The molecule has 1 aliphatic rings. The highest BCUT2D eigenvalue weighted by atomic mass is 19.4. The fourth-order valence-corrected chi connectivity index (χ4v) is 2.58. The molecule has 0 atom stereocenters. The van der Waals surface area contributed by atoms with E-state index in [9.17, 15) is 22.0 Å². The number of nitrogens with one attached hydrogen (secondary N) is 1. The van der Waals surface area contributed by atoms with Crippen molar-refractivity contribution in [3.8, 4) is 5.69 Å². The molecule has 2 aromatic carbocycles. The highest BCUT2D eigenvalue weighted by Gasteiger charge is 2.32. The van der Waals surface area contributed by atoms with Crippen LogP contribution in [0, 0.1) is 11.6 Å². The summed E-state index contributed by atoms with van der Waals surface area (Å²) >= 11 is 0. The van der Waals surface area contributed by atoms with Crippen molar-refractivity contribution in [1.29, 1.82) is 0 Å². The molecule has 30 heavy (non-hydrogen) atoms. The normalized spacial score (nSPS) is 28.1. The number of halogens is 5. The molecule has 5 nitrogen and oxygen atoms in total. The Morgan fingerprint density at radius 1 is 0.900 bits per heavy atom. The van der Waals surface area contributed by atoms with Crippen LogP contribution in [0.25, 0.3) is 5.69 Å². The number of benzene rings is 2. The molecule has 158 valence electrons. The quantitative estimate of drug-likeness (QED) is 0.568. The third kappa shape index (κ3) is 4.52. The maximum absolute atomic E-state index is 13.8. The van der Waals surface area contributed by atoms with Gasteiger partial charge in [-0.05, 0) is 49.5 Å². The molecule has 10 heteroatoms. The Hall–Kier alpha value is -3.17. The first-order valence-corrected chi connectivity index (χ1v) is 8.22. The first kappa shape index (κ1) is 11.3. The summed E-state index contributed by atoms with van der Waals surface area (Å²) in [7, 11) is 0. The van der Waals surface area contributed by atoms with E-state index in [0.29, 0.717) is 12.1 Å². The summed E-state index contributed by atoms with van der Waals surface area (Å²) in [5.41, 5.74) is -3.13. The molecule has 1 fully saturated rings. The van der Waals surface area contributed by atoms with E-state index >= 15 is 0 Å². The molecule has 0 aliphatic carbocycles. The molecule has 0 saturated carbocycles. The monoisotopic (exact) mass is 433 g/mol. The molecule has 1 aromatic heterocycles. The van der Waals surface area contributed by atoms with E-state index in [0.717, 1.165) is 29.2 Å². The summed E-state index contributed by atoms with van der Waals surface area (Å²) in [5.74, 6) is -2.31. The average molecular weight is 433 g/mol. The van der Waals surface area contributed by atoms with Crippen molar-refractivity contribution in [2.45, 2.75) is 25.3 Å². The van der Waals surface area contributed by atoms with Crippen LogP contribution < -0.4 is 10.2 Å². The molecule has 1 aliphatic heterocycles. The van der Waals surface area contributed by atoms with Crippen LogP contribution in [0.15, 0.2) is 42.7 Å². The van der Waals surface area contributed by atoms with Gasteiger partial charge in [0.15, 0.2) is 0 Å². The summed E-state index contributed by atoms with van der Waals surface area (Å²) in [6.45, 7) is -7.43. The van der Waals surface area contributed by atoms with Crippen molar-refractivity contribution in [2.24, 2.45) is 0 Å². The topological polar surface area (TPSA) is 46.0 Å². The van der Waals surface area contributed by atoms with Crippen LogP contribution in [0.3, 0.4) is 0 Å². The molecule has 0 unspecified atom stereocenters. The van der Waals surface area contributed by atoms with Gasteiger partial charge in [-0.1, -0.05) is 0 Å². The number of alkyl halides is 3. The van der Waals surface area contributed by atoms with Crippen LogP contribution in [0.5, 0.6) is 0 Å². The van der Waals surface area contributed by atoms with Crippen LogP contribution in [-0.4, -0.2) is 27.8 Å². The lowest BCUT2D eigenvalue weighted by molar-refractivity contribution is -0.137. The van der Waals surface area contributed by atoms with E-state index in [1.165, 1.54) is 0 Å². The molecule has 1 N–H and O–H groups in total. The zero-order chi connectivity index (χ0) is 30.3. The standard InChI is InChI=1S/C20H18F5N5/c21-14-8-15(22)10-18(9-14)30-12-26-19(28-30)27-16-6-13(20(23,24)25)7-17(11-16)29-4-2-1-3-5-29/h6-12H,1-5H2,(H,27,28)/i1D2,2D2,3D2,4D2,5D2. The summed E-state index contributed by atoms with van der Waals surface area (Å²) in [4.78, 5) is 3.58. The van der Waals surface area contributed by atoms with Gasteiger partial charge in [-0.25, -0.2) is 13.5 Å². The lowest BCUT2D eigenvalue weighted by Crippen LogP contribution is -2.29. The van der Waals surface area contributed by atoms with Crippen LogP contribution in [0.2, 0.25) is 0 Å². The second-order valence-electron chi connectivity index (χ2n) is 5.97. The highest BCUT2D eigenvalue weighted by Crippen LogP contribution is 2.35. The van der Waals surface area contributed by atoms with Gasteiger partial charge in [0.2, 0.25) is 5.95 Å². The fourth-order valence-electron chi connectivity index (χ4n) is 2.58. The molecule has 1 saturated heterocycles. The molecule has 2 heterocycles. The smallest absolute Gasteiger partial charge is 0.371 e. The van der Waals surface area contributed by atoms with Crippen molar-refractivity contribution in [3.63, 3.8) is 0 Å². The molecule has 0 spiro atoms. The van der Waals surface area contributed by atoms with Crippen molar-refractivity contribution in [1.82, 2.24) is 14.8 Å². The van der Waals surface area contributed by atoms with Gasteiger partial charge in [0, 0.05) is 44.1 Å². The number of hydrogen-bond acceptors (Lipinski definition) is 4. The Bertz CT molecular complexity index is 1410. The number of anilines is 3. The second kappa shape index (κ2) is 7.92. The predicted octanol–water partition coefficient (Wildman–Crippen LogP) is 5.30. The number of piperidine rings is 1. The van der Waals surface area contributed by atoms with Crippen molar-refractivity contribution < 1.29 is 35.7 Å². The number of aromatic nitrogens is 3. The first-order chi connectivity index (χ1) is 18.0. The van der Waals surface area contributed by atoms with Crippen LogP contribution in [0.1, 0.15) is 38.4 Å². The predicted molar refractivity (Wildman–Crippen MR) is 102 cm³/mol.